The molecule has 0 radical (unpaired) electrons. The van der Waals surface area contributed by atoms with Crippen molar-refractivity contribution in [2.24, 2.45) is 0 Å². The number of nitro benzene ring substituents is 1. The Balaban J connectivity index is 1.91. The quantitative estimate of drug-likeness (QED) is 0.474. The largest absolute Gasteiger partial charge is 0.384 e. The summed E-state index contributed by atoms with van der Waals surface area (Å²) in [5.74, 6) is -0.443. The summed E-state index contributed by atoms with van der Waals surface area (Å²) in [5.41, 5.74) is 2.12. The molecule has 3 aromatic carbocycles. The van der Waals surface area contributed by atoms with E-state index in [4.69, 9.17) is 11.6 Å². The number of benzene rings is 3. The van der Waals surface area contributed by atoms with E-state index in [0.29, 0.717) is 27.4 Å². The van der Waals surface area contributed by atoms with E-state index in [1.165, 1.54) is 18.2 Å². The number of carbonyl (C=O) groups is 1. The van der Waals surface area contributed by atoms with E-state index in [0.717, 1.165) is 0 Å². The second-order valence-electron chi connectivity index (χ2n) is 6.26. The number of aryl methyl sites for hydroxylation is 1. The molecule has 0 saturated heterocycles. The maximum Gasteiger partial charge on any atom is 0.272 e. The van der Waals surface area contributed by atoms with Gasteiger partial charge in [-0.25, -0.2) is 0 Å². The van der Waals surface area contributed by atoms with E-state index >= 15 is 0 Å². The van der Waals surface area contributed by atoms with Gasteiger partial charge in [0.2, 0.25) is 0 Å². The van der Waals surface area contributed by atoms with Crippen LogP contribution >= 0.6 is 11.6 Å². The second-order valence-corrected chi connectivity index (χ2v) is 6.69. The van der Waals surface area contributed by atoms with E-state index < -0.39 is 16.9 Å². The van der Waals surface area contributed by atoms with Crippen LogP contribution in [0.1, 0.15) is 33.2 Å². The lowest BCUT2D eigenvalue weighted by Crippen LogP contribution is -2.15. The highest BCUT2D eigenvalue weighted by Gasteiger charge is 2.19. The van der Waals surface area contributed by atoms with Crippen molar-refractivity contribution in [3.8, 4) is 0 Å². The van der Waals surface area contributed by atoms with E-state index in [1.807, 2.05) is 6.07 Å². The molecule has 0 saturated carbocycles. The van der Waals surface area contributed by atoms with Crippen molar-refractivity contribution in [2.75, 3.05) is 5.32 Å². The number of hydrogen-bond acceptors (Lipinski definition) is 4. The van der Waals surface area contributed by atoms with Gasteiger partial charge in [0.1, 0.15) is 6.10 Å². The predicted molar refractivity (Wildman–Crippen MR) is 108 cm³/mol. The fraction of sp³-hybridized carbons (Fsp3) is 0.0952. The summed E-state index contributed by atoms with van der Waals surface area (Å²) in [5, 5.41) is 24.9. The number of nitrogens with one attached hydrogen (secondary N) is 1. The molecule has 1 atom stereocenters. The Morgan fingerprint density at radius 1 is 1.11 bits per heavy atom. The van der Waals surface area contributed by atoms with Gasteiger partial charge < -0.3 is 10.4 Å². The number of nitro groups is 1. The summed E-state index contributed by atoms with van der Waals surface area (Å²) >= 11 is 6.08. The normalized spacial score (nSPS) is 11.7. The summed E-state index contributed by atoms with van der Waals surface area (Å²) in [4.78, 5) is 23.1. The monoisotopic (exact) mass is 396 g/mol. The van der Waals surface area contributed by atoms with Crippen molar-refractivity contribution < 1.29 is 14.8 Å². The van der Waals surface area contributed by atoms with Crippen LogP contribution in [0.5, 0.6) is 0 Å². The third-order valence-electron chi connectivity index (χ3n) is 4.33. The number of anilines is 1. The Kier molecular flexibility index (Phi) is 5.73. The van der Waals surface area contributed by atoms with Crippen molar-refractivity contribution in [1.29, 1.82) is 0 Å². The first-order valence-electron chi connectivity index (χ1n) is 8.45. The summed E-state index contributed by atoms with van der Waals surface area (Å²) in [6.07, 6.45) is -0.978. The van der Waals surface area contributed by atoms with Gasteiger partial charge in [0.25, 0.3) is 11.6 Å². The highest BCUT2D eigenvalue weighted by atomic mass is 35.5. The fourth-order valence-electron chi connectivity index (χ4n) is 2.88. The molecule has 6 nitrogen and oxygen atoms in total. The minimum atomic E-state index is -0.978. The maximum atomic E-state index is 12.6. The molecule has 0 aliphatic heterocycles. The van der Waals surface area contributed by atoms with E-state index in [9.17, 15) is 20.0 Å². The first kappa shape index (κ1) is 19.5. The van der Waals surface area contributed by atoms with E-state index in [2.05, 4.69) is 5.32 Å². The molecule has 0 aliphatic carbocycles. The number of rotatable bonds is 5. The van der Waals surface area contributed by atoms with Gasteiger partial charge >= 0.3 is 0 Å². The van der Waals surface area contributed by atoms with Gasteiger partial charge in [-0.3, -0.25) is 14.9 Å². The van der Waals surface area contributed by atoms with Crippen LogP contribution in [-0.4, -0.2) is 15.9 Å². The molecule has 0 spiro atoms. The van der Waals surface area contributed by atoms with Gasteiger partial charge in [-0.15, -0.1) is 0 Å². The van der Waals surface area contributed by atoms with E-state index in [1.54, 1.807) is 49.4 Å². The number of halogens is 1. The van der Waals surface area contributed by atoms with Crippen LogP contribution in [0, 0.1) is 17.0 Å². The molecular formula is C21H17ClN2O4. The van der Waals surface area contributed by atoms with Gasteiger partial charge in [-0.1, -0.05) is 41.9 Å². The standard InChI is InChI=1S/C21H17ClN2O4/c1-13-11-15(7-10-19(13)24(27)28)21(26)23-18-9-8-16(22)12-17(18)20(25)14-5-3-2-4-6-14/h2-12,20,25H,1H3,(H,23,26). The lowest BCUT2D eigenvalue weighted by atomic mass is 9.99. The van der Waals surface area contributed by atoms with Crippen molar-refractivity contribution in [2.45, 2.75) is 13.0 Å². The van der Waals surface area contributed by atoms with Crippen LogP contribution in [-0.2, 0) is 0 Å². The predicted octanol–water partition coefficient (Wildman–Crippen LogP) is 4.89. The van der Waals surface area contributed by atoms with Crippen LogP contribution in [0.15, 0.2) is 66.7 Å². The van der Waals surface area contributed by atoms with Crippen LogP contribution in [0.2, 0.25) is 5.02 Å². The Morgan fingerprint density at radius 2 is 1.82 bits per heavy atom. The lowest BCUT2D eigenvalue weighted by Gasteiger charge is -2.17. The number of amides is 1. The van der Waals surface area contributed by atoms with Crippen molar-refractivity contribution >= 4 is 28.9 Å². The number of aliphatic hydroxyl groups excluding tert-OH is 1. The number of nitrogens with zero attached hydrogens (tertiary/aromatic N) is 1. The average Bonchev–Trinajstić information content (AvgIpc) is 2.69. The SMILES string of the molecule is Cc1cc(C(=O)Nc2ccc(Cl)cc2C(O)c2ccccc2)ccc1[N+](=O)[O-]. The second kappa shape index (κ2) is 8.21. The zero-order chi connectivity index (χ0) is 20.3. The van der Waals surface area contributed by atoms with Crippen LogP contribution in [0.4, 0.5) is 11.4 Å². The molecule has 0 bridgehead atoms. The molecule has 7 heteroatoms. The highest BCUT2D eigenvalue weighted by molar-refractivity contribution is 6.30. The molecule has 1 amide bonds. The third-order valence-corrected chi connectivity index (χ3v) is 4.56. The summed E-state index contributed by atoms with van der Waals surface area (Å²) in [6, 6.07) is 18.0. The Morgan fingerprint density at radius 3 is 2.46 bits per heavy atom. The lowest BCUT2D eigenvalue weighted by molar-refractivity contribution is -0.385. The molecule has 2 N–H and O–H groups in total. The fourth-order valence-corrected chi connectivity index (χ4v) is 3.07. The molecule has 3 aromatic rings. The third kappa shape index (κ3) is 4.19. The Hall–Kier alpha value is -3.22. The molecule has 0 aliphatic rings. The zero-order valence-corrected chi connectivity index (χ0v) is 15.7. The van der Waals surface area contributed by atoms with Gasteiger partial charge in [0, 0.05) is 33.5 Å². The summed E-state index contributed by atoms with van der Waals surface area (Å²) in [7, 11) is 0. The molecule has 0 fully saturated rings. The Labute approximate surface area is 166 Å². The molecule has 28 heavy (non-hydrogen) atoms. The first-order valence-corrected chi connectivity index (χ1v) is 8.83. The molecule has 142 valence electrons. The van der Waals surface area contributed by atoms with Crippen LogP contribution in [0.3, 0.4) is 0 Å². The number of carbonyl (C=O) groups excluding carboxylic acids is 1. The van der Waals surface area contributed by atoms with Crippen LogP contribution < -0.4 is 5.32 Å². The van der Waals surface area contributed by atoms with Gasteiger partial charge in [0.15, 0.2) is 0 Å². The highest BCUT2D eigenvalue weighted by Crippen LogP contribution is 2.31. The van der Waals surface area contributed by atoms with Gasteiger partial charge in [-0.05, 0) is 42.8 Å². The maximum absolute atomic E-state index is 12.6. The van der Waals surface area contributed by atoms with Gasteiger partial charge in [0.05, 0.1) is 4.92 Å². The molecule has 1 unspecified atom stereocenters. The number of aliphatic hydroxyl groups is 1. The van der Waals surface area contributed by atoms with E-state index in [-0.39, 0.29) is 11.3 Å². The van der Waals surface area contributed by atoms with Gasteiger partial charge in [-0.2, -0.15) is 0 Å². The molecule has 3 rings (SSSR count). The van der Waals surface area contributed by atoms with Crippen molar-refractivity contribution in [3.05, 3.63) is 104 Å². The molecule has 0 heterocycles. The Bertz CT molecular complexity index is 1040. The molecular weight excluding hydrogens is 380 g/mol. The summed E-state index contributed by atoms with van der Waals surface area (Å²) < 4.78 is 0. The summed E-state index contributed by atoms with van der Waals surface area (Å²) in [6.45, 7) is 1.57. The first-order chi connectivity index (χ1) is 13.4. The average molecular weight is 397 g/mol. The van der Waals surface area contributed by atoms with Crippen molar-refractivity contribution in [3.63, 3.8) is 0 Å². The van der Waals surface area contributed by atoms with Crippen LogP contribution in [0.25, 0.3) is 0 Å². The topological polar surface area (TPSA) is 92.5 Å². The number of hydrogen-bond donors (Lipinski definition) is 2. The molecule has 0 aromatic heterocycles. The smallest absolute Gasteiger partial charge is 0.272 e. The van der Waals surface area contributed by atoms with Crippen molar-refractivity contribution in [1.82, 2.24) is 0 Å². The zero-order valence-electron chi connectivity index (χ0n) is 14.9. The minimum Gasteiger partial charge on any atom is -0.384 e. The minimum absolute atomic E-state index is 0.0526.